The van der Waals surface area contributed by atoms with Crippen LogP contribution in [0.25, 0.3) is 0 Å². The number of benzene rings is 2. The van der Waals surface area contributed by atoms with Gasteiger partial charge in [-0.1, -0.05) is 36.4 Å². The third-order valence-electron chi connectivity index (χ3n) is 5.38. The van der Waals surface area contributed by atoms with Crippen molar-refractivity contribution in [1.29, 1.82) is 5.26 Å². The first-order valence-corrected chi connectivity index (χ1v) is 9.35. The molecule has 3 rings (SSSR count). The lowest BCUT2D eigenvalue weighted by atomic mass is 9.89. The van der Waals surface area contributed by atoms with Gasteiger partial charge in [0.25, 0.3) is 5.91 Å². The molecule has 0 saturated carbocycles. The molecular formula is C22H26N3O+. The molecule has 2 N–H and O–H groups in total. The van der Waals surface area contributed by atoms with E-state index in [9.17, 15) is 4.79 Å². The Kier molecular flexibility index (Phi) is 6.04. The molecular weight excluding hydrogens is 322 g/mol. The third-order valence-corrected chi connectivity index (χ3v) is 5.38. The van der Waals surface area contributed by atoms with Gasteiger partial charge in [-0.05, 0) is 55.9 Å². The zero-order valence-electron chi connectivity index (χ0n) is 15.2. The van der Waals surface area contributed by atoms with Gasteiger partial charge in [0.2, 0.25) is 0 Å². The van der Waals surface area contributed by atoms with Crippen LogP contribution < -0.4 is 10.2 Å². The fraction of sp³-hybridized carbons (Fsp3) is 0.364. The number of quaternary nitrogens is 1. The average Bonchev–Trinajstić information content (AvgIpc) is 2.69. The number of likely N-dealkylation sites (tertiary alicyclic amines) is 1. The van der Waals surface area contributed by atoms with Crippen molar-refractivity contribution in [2.24, 2.45) is 5.92 Å². The van der Waals surface area contributed by atoms with Gasteiger partial charge in [0.15, 0.2) is 6.04 Å². The number of rotatable bonds is 5. The van der Waals surface area contributed by atoms with Crippen LogP contribution in [-0.4, -0.2) is 25.0 Å². The van der Waals surface area contributed by atoms with Crippen molar-refractivity contribution in [3.8, 4) is 6.07 Å². The summed E-state index contributed by atoms with van der Waals surface area (Å²) in [6.07, 6.45) is 3.45. The molecule has 1 amide bonds. The van der Waals surface area contributed by atoms with E-state index in [1.807, 2.05) is 13.0 Å². The van der Waals surface area contributed by atoms with Gasteiger partial charge in [-0.25, -0.2) is 0 Å². The van der Waals surface area contributed by atoms with E-state index >= 15 is 0 Å². The summed E-state index contributed by atoms with van der Waals surface area (Å²) in [6, 6.07) is 19.7. The van der Waals surface area contributed by atoms with Crippen LogP contribution in [0.3, 0.4) is 0 Å². The Hall–Kier alpha value is -2.64. The minimum atomic E-state index is -0.0848. The Labute approximate surface area is 155 Å². The van der Waals surface area contributed by atoms with E-state index in [2.05, 4.69) is 41.7 Å². The maximum absolute atomic E-state index is 12.6. The highest BCUT2D eigenvalue weighted by Crippen LogP contribution is 2.17. The van der Waals surface area contributed by atoms with Gasteiger partial charge in [0.1, 0.15) is 0 Å². The highest BCUT2D eigenvalue weighted by molar-refractivity contribution is 5.93. The van der Waals surface area contributed by atoms with Gasteiger partial charge in [0, 0.05) is 5.69 Å². The number of piperidine rings is 1. The minimum Gasteiger partial charge on any atom is -0.325 e. The van der Waals surface area contributed by atoms with E-state index in [1.165, 1.54) is 10.5 Å². The molecule has 0 spiro atoms. The number of anilines is 1. The number of nitriles is 1. The minimum absolute atomic E-state index is 0.0246. The largest absolute Gasteiger partial charge is 0.325 e. The quantitative estimate of drug-likeness (QED) is 0.872. The van der Waals surface area contributed by atoms with Crippen LogP contribution in [0.2, 0.25) is 0 Å². The molecule has 1 aliphatic rings. The third kappa shape index (κ3) is 4.71. The molecule has 1 saturated heterocycles. The standard InChI is InChI=1S/C22H25N3O/c1-17(22(26)24-21-9-5-8-20(15-21)16-23)25-12-10-19(11-13-25)14-18-6-3-2-4-7-18/h2-9,15,17,19H,10-14H2,1H3,(H,24,26)/p+1/t17-/m0/s1. The van der Waals surface area contributed by atoms with Crippen molar-refractivity contribution >= 4 is 11.6 Å². The van der Waals surface area contributed by atoms with Crippen LogP contribution >= 0.6 is 0 Å². The molecule has 26 heavy (non-hydrogen) atoms. The number of carbonyl (C=O) groups is 1. The molecule has 0 unspecified atom stereocenters. The Balaban J connectivity index is 1.50. The molecule has 4 nitrogen and oxygen atoms in total. The SMILES string of the molecule is C[C@@H](C(=O)Nc1cccc(C#N)c1)[NH+]1CCC(Cc2ccccc2)CC1. The smallest absolute Gasteiger partial charge is 0.282 e. The molecule has 134 valence electrons. The van der Waals surface area contributed by atoms with Crippen molar-refractivity contribution < 1.29 is 9.69 Å². The average molecular weight is 348 g/mol. The van der Waals surface area contributed by atoms with Crippen molar-refractivity contribution in [3.05, 3.63) is 65.7 Å². The van der Waals surface area contributed by atoms with Gasteiger partial charge in [-0.15, -0.1) is 0 Å². The van der Waals surface area contributed by atoms with Crippen LogP contribution in [0.5, 0.6) is 0 Å². The maximum Gasteiger partial charge on any atom is 0.282 e. The summed E-state index contributed by atoms with van der Waals surface area (Å²) in [5, 5.41) is 11.9. The Bertz CT molecular complexity index is 773. The second kappa shape index (κ2) is 8.64. The molecule has 1 atom stereocenters. The van der Waals surface area contributed by atoms with Gasteiger partial charge < -0.3 is 10.2 Å². The Morgan fingerprint density at radius 2 is 1.92 bits per heavy atom. The summed E-state index contributed by atoms with van der Waals surface area (Å²) < 4.78 is 0. The summed E-state index contributed by atoms with van der Waals surface area (Å²) in [4.78, 5) is 13.9. The first kappa shape index (κ1) is 18.2. The second-order valence-electron chi connectivity index (χ2n) is 7.19. The van der Waals surface area contributed by atoms with Crippen LogP contribution in [0.4, 0.5) is 5.69 Å². The van der Waals surface area contributed by atoms with Gasteiger partial charge in [-0.2, -0.15) is 5.26 Å². The molecule has 0 bridgehead atoms. The highest BCUT2D eigenvalue weighted by Gasteiger charge is 2.30. The predicted molar refractivity (Wildman–Crippen MR) is 103 cm³/mol. The van der Waals surface area contributed by atoms with Crippen LogP contribution in [0.1, 0.15) is 30.9 Å². The number of hydrogen-bond acceptors (Lipinski definition) is 2. The lowest BCUT2D eigenvalue weighted by Gasteiger charge is -2.32. The number of nitrogens with zero attached hydrogens (tertiary/aromatic N) is 1. The van der Waals surface area contributed by atoms with Gasteiger partial charge in [-0.3, -0.25) is 4.79 Å². The molecule has 0 aliphatic carbocycles. The summed E-state index contributed by atoms with van der Waals surface area (Å²) >= 11 is 0. The van der Waals surface area contributed by atoms with E-state index in [1.54, 1.807) is 18.2 Å². The Morgan fingerprint density at radius 1 is 1.19 bits per heavy atom. The van der Waals surface area contributed by atoms with Crippen LogP contribution in [0.15, 0.2) is 54.6 Å². The maximum atomic E-state index is 12.6. The topological polar surface area (TPSA) is 57.3 Å². The second-order valence-corrected chi connectivity index (χ2v) is 7.19. The predicted octanol–water partition coefficient (Wildman–Crippen LogP) is 2.42. The van der Waals surface area contributed by atoms with E-state index in [4.69, 9.17) is 5.26 Å². The highest BCUT2D eigenvalue weighted by atomic mass is 16.2. The van der Waals surface area contributed by atoms with E-state index in [0.29, 0.717) is 17.2 Å². The normalized spacial score (nSPS) is 20.8. The molecule has 2 aromatic carbocycles. The molecule has 4 heteroatoms. The van der Waals surface area contributed by atoms with Crippen LogP contribution in [-0.2, 0) is 11.2 Å². The molecule has 1 aliphatic heterocycles. The summed E-state index contributed by atoms with van der Waals surface area (Å²) in [6.45, 7) is 4.06. The molecule has 1 heterocycles. The van der Waals surface area contributed by atoms with Crippen molar-refractivity contribution in [1.82, 2.24) is 0 Å². The Morgan fingerprint density at radius 3 is 2.62 bits per heavy atom. The summed E-state index contributed by atoms with van der Waals surface area (Å²) in [7, 11) is 0. The number of carbonyl (C=O) groups excluding carboxylic acids is 1. The monoisotopic (exact) mass is 348 g/mol. The molecule has 2 aromatic rings. The van der Waals surface area contributed by atoms with Crippen LogP contribution in [0, 0.1) is 17.2 Å². The fourth-order valence-corrected chi connectivity index (χ4v) is 3.74. The molecule has 0 radical (unpaired) electrons. The van der Waals surface area contributed by atoms with Crippen molar-refractivity contribution in [2.45, 2.75) is 32.2 Å². The number of nitrogens with one attached hydrogen (secondary N) is 2. The summed E-state index contributed by atoms with van der Waals surface area (Å²) in [5.41, 5.74) is 2.66. The first-order chi connectivity index (χ1) is 12.7. The zero-order valence-corrected chi connectivity index (χ0v) is 15.2. The lowest BCUT2D eigenvalue weighted by Crippen LogP contribution is -3.17. The van der Waals surface area contributed by atoms with E-state index in [-0.39, 0.29) is 11.9 Å². The lowest BCUT2D eigenvalue weighted by molar-refractivity contribution is -0.919. The van der Waals surface area contributed by atoms with Gasteiger partial charge in [0.05, 0.1) is 24.7 Å². The summed E-state index contributed by atoms with van der Waals surface area (Å²) in [5.74, 6) is 0.736. The van der Waals surface area contributed by atoms with Crippen molar-refractivity contribution in [2.75, 3.05) is 18.4 Å². The zero-order chi connectivity index (χ0) is 18.4. The van der Waals surface area contributed by atoms with Crippen molar-refractivity contribution in [3.63, 3.8) is 0 Å². The number of amides is 1. The van der Waals surface area contributed by atoms with E-state index in [0.717, 1.165) is 32.4 Å². The fourth-order valence-electron chi connectivity index (χ4n) is 3.74. The van der Waals surface area contributed by atoms with E-state index < -0.39 is 0 Å². The number of hydrogen-bond donors (Lipinski definition) is 2. The van der Waals surface area contributed by atoms with Gasteiger partial charge >= 0.3 is 0 Å². The first-order valence-electron chi connectivity index (χ1n) is 9.35. The molecule has 0 aromatic heterocycles. The molecule has 1 fully saturated rings.